The average Bonchev–Trinajstić information content (AvgIpc) is 3.38. The second-order valence-electron chi connectivity index (χ2n) is 5.64. The molecule has 1 saturated carbocycles. The average molecular weight is 335 g/mol. The number of sulfonamides is 1. The Morgan fingerprint density at radius 1 is 1.13 bits per heavy atom. The number of hydrogen-bond acceptors (Lipinski definition) is 3. The van der Waals surface area contributed by atoms with Crippen LogP contribution in [0.15, 0.2) is 53.4 Å². The zero-order chi connectivity index (χ0) is 16.4. The number of nitrogens with one attached hydrogen (secondary N) is 1. The van der Waals surface area contributed by atoms with Crippen LogP contribution in [-0.4, -0.2) is 15.5 Å². The molecule has 0 spiro atoms. The second kappa shape index (κ2) is 6.29. The number of benzene rings is 2. The third kappa shape index (κ3) is 3.54. The van der Waals surface area contributed by atoms with Crippen molar-refractivity contribution in [1.82, 2.24) is 4.72 Å². The van der Waals surface area contributed by atoms with Crippen molar-refractivity contribution in [3.63, 3.8) is 0 Å². The second-order valence-corrected chi connectivity index (χ2v) is 7.32. The fourth-order valence-electron chi connectivity index (χ4n) is 2.57. The van der Waals surface area contributed by atoms with Gasteiger partial charge in [0.1, 0.15) is 16.5 Å². The molecule has 1 unspecified atom stereocenters. The molecule has 1 aliphatic carbocycles. The highest BCUT2D eigenvalue weighted by Gasteiger charge is 2.36. The van der Waals surface area contributed by atoms with Crippen LogP contribution in [0.4, 0.5) is 4.39 Å². The number of ether oxygens (including phenoxy) is 1. The molecule has 4 nitrogen and oxygen atoms in total. The summed E-state index contributed by atoms with van der Waals surface area (Å²) in [5.41, 5.74) is 0.855. The first-order chi connectivity index (χ1) is 11.0. The molecule has 1 aliphatic rings. The molecule has 0 amide bonds. The van der Waals surface area contributed by atoms with E-state index >= 15 is 0 Å². The van der Waals surface area contributed by atoms with Gasteiger partial charge in [-0.05, 0) is 48.6 Å². The predicted octanol–water partition coefficient (Wildman–Crippen LogP) is 3.26. The lowest BCUT2D eigenvalue weighted by molar-refractivity contribution is 0.414. The lowest BCUT2D eigenvalue weighted by Gasteiger charge is -2.19. The molecule has 0 bridgehead atoms. The molecule has 6 heteroatoms. The van der Waals surface area contributed by atoms with E-state index in [1.165, 1.54) is 18.2 Å². The molecule has 0 aromatic heterocycles. The summed E-state index contributed by atoms with van der Waals surface area (Å²) in [4.78, 5) is -0.320. The topological polar surface area (TPSA) is 55.4 Å². The van der Waals surface area contributed by atoms with Crippen LogP contribution >= 0.6 is 0 Å². The Morgan fingerprint density at radius 3 is 2.35 bits per heavy atom. The van der Waals surface area contributed by atoms with Crippen LogP contribution in [0, 0.1) is 11.7 Å². The molecular weight excluding hydrogens is 317 g/mol. The zero-order valence-corrected chi connectivity index (χ0v) is 13.5. The fourth-order valence-corrected chi connectivity index (χ4v) is 3.94. The molecule has 2 aromatic rings. The van der Waals surface area contributed by atoms with Gasteiger partial charge in [0.25, 0.3) is 0 Å². The summed E-state index contributed by atoms with van der Waals surface area (Å²) in [5, 5.41) is 0. The summed E-state index contributed by atoms with van der Waals surface area (Å²) in [6.45, 7) is 0. The molecule has 122 valence electrons. The normalized spacial score (nSPS) is 16.1. The maximum absolute atomic E-state index is 13.8. The molecule has 0 radical (unpaired) electrons. The molecule has 23 heavy (non-hydrogen) atoms. The van der Waals surface area contributed by atoms with E-state index in [1.807, 2.05) is 12.1 Å². The quantitative estimate of drug-likeness (QED) is 0.881. The van der Waals surface area contributed by atoms with E-state index in [0.29, 0.717) is 5.75 Å². The van der Waals surface area contributed by atoms with Crippen molar-refractivity contribution in [2.75, 3.05) is 7.11 Å². The van der Waals surface area contributed by atoms with Crippen LogP contribution < -0.4 is 9.46 Å². The molecule has 0 saturated heterocycles. The van der Waals surface area contributed by atoms with Gasteiger partial charge in [0.15, 0.2) is 0 Å². The monoisotopic (exact) mass is 335 g/mol. The summed E-state index contributed by atoms with van der Waals surface area (Å²) < 4.78 is 46.6. The first-order valence-corrected chi connectivity index (χ1v) is 8.90. The van der Waals surface area contributed by atoms with Crippen LogP contribution in [0.2, 0.25) is 0 Å². The van der Waals surface area contributed by atoms with Gasteiger partial charge in [-0.15, -0.1) is 0 Å². The Balaban J connectivity index is 1.89. The van der Waals surface area contributed by atoms with Crippen molar-refractivity contribution in [3.05, 3.63) is 59.9 Å². The van der Waals surface area contributed by atoms with Crippen molar-refractivity contribution >= 4 is 10.0 Å². The largest absolute Gasteiger partial charge is 0.497 e. The molecule has 0 aliphatic heterocycles. The van der Waals surface area contributed by atoms with Gasteiger partial charge in [0, 0.05) is 6.04 Å². The van der Waals surface area contributed by atoms with Crippen molar-refractivity contribution in [2.24, 2.45) is 5.92 Å². The van der Waals surface area contributed by atoms with E-state index in [0.717, 1.165) is 24.5 Å². The molecular formula is C17H18FNO3S. The Morgan fingerprint density at radius 2 is 1.78 bits per heavy atom. The van der Waals surface area contributed by atoms with Crippen LogP contribution in [0.1, 0.15) is 24.4 Å². The summed E-state index contributed by atoms with van der Waals surface area (Å²) >= 11 is 0. The highest BCUT2D eigenvalue weighted by molar-refractivity contribution is 7.89. The number of halogens is 1. The van der Waals surface area contributed by atoms with Gasteiger partial charge in [0.05, 0.1) is 7.11 Å². The minimum atomic E-state index is -3.92. The Bertz CT molecular complexity index is 786. The zero-order valence-electron chi connectivity index (χ0n) is 12.7. The Kier molecular flexibility index (Phi) is 4.37. The van der Waals surface area contributed by atoms with Gasteiger partial charge in [-0.3, -0.25) is 0 Å². The highest BCUT2D eigenvalue weighted by atomic mass is 32.2. The Labute approximate surface area is 135 Å². The summed E-state index contributed by atoms with van der Waals surface area (Å²) in [6.07, 6.45) is 1.91. The van der Waals surface area contributed by atoms with E-state index in [4.69, 9.17) is 4.74 Å². The van der Waals surface area contributed by atoms with Gasteiger partial charge in [-0.2, -0.15) is 0 Å². The molecule has 3 rings (SSSR count). The minimum Gasteiger partial charge on any atom is -0.497 e. The SMILES string of the molecule is COc1ccc(C(NS(=O)(=O)c2ccccc2F)C2CC2)cc1. The predicted molar refractivity (Wildman–Crippen MR) is 85.2 cm³/mol. The molecule has 1 atom stereocenters. The lowest BCUT2D eigenvalue weighted by atomic mass is 10.0. The van der Waals surface area contributed by atoms with Gasteiger partial charge in [-0.1, -0.05) is 24.3 Å². The van der Waals surface area contributed by atoms with Crippen LogP contribution in [-0.2, 0) is 10.0 Å². The van der Waals surface area contributed by atoms with E-state index in [2.05, 4.69) is 4.72 Å². The van der Waals surface area contributed by atoms with Crippen LogP contribution in [0.5, 0.6) is 5.75 Å². The smallest absolute Gasteiger partial charge is 0.244 e. The Hall–Kier alpha value is -1.92. The number of rotatable bonds is 6. The number of hydrogen-bond donors (Lipinski definition) is 1. The summed E-state index contributed by atoms with van der Waals surface area (Å²) in [6, 6.07) is 12.3. The number of methoxy groups -OCH3 is 1. The van der Waals surface area contributed by atoms with Gasteiger partial charge in [0.2, 0.25) is 10.0 Å². The molecule has 1 fully saturated rings. The third-order valence-electron chi connectivity index (χ3n) is 3.98. The molecule has 2 aromatic carbocycles. The summed E-state index contributed by atoms with van der Waals surface area (Å²) in [5.74, 6) is 0.203. The minimum absolute atomic E-state index is 0.241. The van der Waals surface area contributed by atoms with E-state index in [1.54, 1.807) is 19.2 Å². The first-order valence-electron chi connectivity index (χ1n) is 7.42. The van der Waals surface area contributed by atoms with Crippen molar-refractivity contribution < 1.29 is 17.5 Å². The van der Waals surface area contributed by atoms with E-state index in [-0.39, 0.29) is 16.9 Å². The van der Waals surface area contributed by atoms with Crippen LogP contribution in [0.3, 0.4) is 0 Å². The first kappa shape index (κ1) is 16.0. The van der Waals surface area contributed by atoms with Crippen molar-refractivity contribution in [2.45, 2.75) is 23.8 Å². The summed E-state index contributed by atoms with van der Waals surface area (Å²) in [7, 11) is -2.34. The maximum Gasteiger partial charge on any atom is 0.244 e. The molecule has 1 N–H and O–H groups in total. The maximum atomic E-state index is 13.8. The lowest BCUT2D eigenvalue weighted by Crippen LogP contribution is -2.30. The third-order valence-corrected chi connectivity index (χ3v) is 5.45. The molecule has 0 heterocycles. The van der Waals surface area contributed by atoms with Gasteiger partial charge >= 0.3 is 0 Å². The van der Waals surface area contributed by atoms with Gasteiger partial charge < -0.3 is 4.74 Å². The van der Waals surface area contributed by atoms with E-state index < -0.39 is 15.8 Å². The van der Waals surface area contributed by atoms with Crippen molar-refractivity contribution in [3.8, 4) is 5.75 Å². The van der Waals surface area contributed by atoms with Crippen LogP contribution in [0.25, 0.3) is 0 Å². The van der Waals surface area contributed by atoms with Gasteiger partial charge in [-0.25, -0.2) is 17.5 Å². The van der Waals surface area contributed by atoms with Crippen molar-refractivity contribution in [1.29, 1.82) is 0 Å². The highest BCUT2D eigenvalue weighted by Crippen LogP contribution is 2.42. The fraction of sp³-hybridized carbons (Fsp3) is 0.294. The standard InChI is InChI=1S/C17H18FNO3S/c1-22-14-10-8-13(9-11-14)17(12-6-7-12)19-23(20,21)16-5-3-2-4-15(16)18/h2-5,8-12,17,19H,6-7H2,1H3. The van der Waals surface area contributed by atoms with E-state index in [9.17, 15) is 12.8 Å².